The predicted molar refractivity (Wildman–Crippen MR) is 75.7 cm³/mol. The smallest absolute Gasteiger partial charge is 0.138 e. The number of rotatable bonds is 4. The van der Waals surface area contributed by atoms with Gasteiger partial charge in [-0.25, -0.2) is 4.98 Å². The van der Waals surface area contributed by atoms with Crippen LogP contribution in [0.4, 0.5) is 0 Å². The van der Waals surface area contributed by atoms with E-state index in [0.717, 1.165) is 22.3 Å². The number of aryl methyl sites for hydroxylation is 1. The van der Waals surface area contributed by atoms with Crippen molar-refractivity contribution in [2.24, 2.45) is 7.05 Å². The molecule has 1 atom stereocenters. The first-order chi connectivity index (χ1) is 8.61. The molecule has 0 fully saturated rings. The van der Waals surface area contributed by atoms with Crippen molar-refractivity contribution >= 4 is 27.5 Å². The zero-order chi connectivity index (χ0) is 13.1. The summed E-state index contributed by atoms with van der Waals surface area (Å²) in [5.41, 5.74) is 1.13. The number of halogens is 2. The van der Waals surface area contributed by atoms with Crippen molar-refractivity contribution in [3.05, 3.63) is 45.4 Å². The second-order valence-corrected chi connectivity index (χ2v) is 5.28. The van der Waals surface area contributed by atoms with Gasteiger partial charge >= 0.3 is 0 Å². The molecule has 2 aromatic rings. The van der Waals surface area contributed by atoms with Gasteiger partial charge in [-0.05, 0) is 40.7 Å². The molecular formula is C12H14BrClN4. The van der Waals surface area contributed by atoms with Gasteiger partial charge in [0.1, 0.15) is 12.2 Å². The lowest BCUT2D eigenvalue weighted by Crippen LogP contribution is -2.20. The molecule has 1 unspecified atom stereocenters. The third kappa shape index (κ3) is 2.91. The average Bonchev–Trinajstić information content (AvgIpc) is 2.75. The predicted octanol–water partition coefficient (Wildman–Crippen LogP) is 2.73. The zero-order valence-corrected chi connectivity index (χ0v) is 12.5. The van der Waals surface area contributed by atoms with Gasteiger partial charge in [-0.15, -0.1) is 0 Å². The zero-order valence-electron chi connectivity index (χ0n) is 10.2. The Hall–Kier alpha value is -0.910. The Morgan fingerprint density at radius 3 is 2.83 bits per heavy atom. The number of hydrogen-bond acceptors (Lipinski definition) is 3. The van der Waals surface area contributed by atoms with Gasteiger partial charge in [0.25, 0.3) is 0 Å². The van der Waals surface area contributed by atoms with E-state index in [-0.39, 0.29) is 6.04 Å². The first-order valence-corrected chi connectivity index (χ1v) is 6.74. The number of benzene rings is 1. The maximum Gasteiger partial charge on any atom is 0.138 e. The van der Waals surface area contributed by atoms with Crippen LogP contribution in [0, 0.1) is 0 Å². The Morgan fingerprint density at radius 1 is 1.50 bits per heavy atom. The van der Waals surface area contributed by atoms with Gasteiger partial charge in [-0.1, -0.05) is 17.7 Å². The second-order valence-electron chi connectivity index (χ2n) is 4.02. The summed E-state index contributed by atoms with van der Waals surface area (Å²) >= 11 is 9.51. The van der Waals surface area contributed by atoms with E-state index in [1.165, 1.54) is 0 Å². The molecule has 0 aliphatic carbocycles. The molecule has 1 aromatic heterocycles. The molecule has 0 bridgehead atoms. The van der Waals surface area contributed by atoms with Gasteiger partial charge in [0.15, 0.2) is 0 Å². The highest BCUT2D eigenvalue weighted by molar-refractivity contribution is 9.10. The van der Waals surface area contributed by atoms with Crippen LogP contribution in [0.2, 0.25) is 5.02 Å². The number of nitrogens with zero attached hydrogens (tertiary/aromatic N) is 3. The van der Waals surface area contributed by atoms with Crippen LogP contribution in [0.25, 0.3) is 0 Å². The van der Waals surface area contributed by atoms with Crippen molar-refractivity contribution in [1.82, 2.24) is 20.1 Å². The number of nitrogens with one attached hydrogen (secondary N) is 1. The molecule has 0 saturated heterocycles. The summed E-state index contributed by atoms with van der Waals surface area (Å²) in [6, 6.07) is 6.13. The Balaban J connectivity index is 2.23. The molecule has 0 radical (unpaired) electrons. The monoisotopic (exact) mass is 328 g/mol. The molecule has 1 heterocycles. The van der Waals surface area contributed by atoms with Crippen LogP contribution in [-0.4, -0.2) is 21.8 Å². The Kier molecular flexibility index (Phi) is 4.37. The van der Waals surface area contributed by atoms with E-state index in [1.807, 2.05) is 32.3 Å². The Morgan fingerprint density at radius 2 is 2.28 bits per heavy atom. The van der Waals surface area contributed by atoms with Crippen LogP contribution < -0.4 is 5.32 Å². The van der Waals surface area contributed by atoms with Crippen LogP contribution in [0.1, 0.15) is 17.4 Å². The molecule has 6 heteroatoms. The third-order valence-electron chi connectivity index (χ3n) is 2.89. The minimum absolute atomic E-state index is 0.165. The maximum atomic E-state index is 6.12. The molecule has 0 amide bonds. The minimum Gasteiger partial charge on any atom is -0.313 e. The molecule has 96 valence electrons. The third-order valence-corrected chi connectivity index (χ3v) is 4.12. The highest BCUT2D eigenvalue weighted by atomic mass is 79.9. The van der Waals surface area contributed by atoms with Gasteiger partial charge in [0, 0.05) is 24.0 Å². The van der Waals surface area contributed by atoms with Crippen LogP contribution >= 0.6 is 27.5 Å². The molecule has 18 heavy (non-hydrogen) atoms. The van der Waals surface area contributed by atoms with E-state index in [9.17, 15) is 0 Å². The largest absolute Gasteiger partial charge is 0.313 e. The van der Waals surface area contributed by atoms with E-state index in [4.69, 9.17) is 11.6 Å². The standard InChI is InChI=1S/C12H14BrClN4/c1-15-11(6-12-16-7-17-18(12)2)8-3-4-9(13)10(14)5-8/h3-5,7,11,15H,6H2,1-2H3. The summed E-state index contributed by atoms with van der Waals surface area (Å²) in [4.78, 5) is 4.24. The Bertz CT molecular complexity index is 541. The molecule has 1 aromatic carbocycles. The lowest BCUT2D eigenvalue weighted by molar-refractivity contribution is 0.553. The summed E-state index contributed by atoms with van der Waals surface area (Å²) in [5, 5.41) is 8.06. The molecular weight excluding hydrogens is 316 g/mol. The second kappa shape index (κ2) is 5.82. The van der Waals surface area contributed by atoms with Crippen LogP contribution in [-0.2, 0) is 13.5 Å². The topological polar surface area (TPSA) is 42.7 Å². The summed E-state index contributed by atoms with van der Waals surface area (Å²) in [7, 11) is 3.82. The summed E-state index contributed by atoms with van der Waals surface area (Å²) in [6.07, 6.45) is 2.33. The van der Waals surface area contributed by atoms with E-state index < -0.39 is 0 Å². The quantitative estimate of drug-likeness (QED) is 0.938. The minimum atomic E-state index is 0.165. The van der Waals surface area contributed by atoms with Crippen LogP contribution in [0.15, 0.2) is 29.0 Å². The molecule has 2 rings (SSSR count). The van der Waals surface area contributed by atoms with E-state index >= 15 is 0 Å². The average molecular weight is 330 g/mol. The van der Waals surface area contributed by atoms with Crippen molar-refractivity contribution in [3.8, 4) is 0 Å². The first kappa shape index (κ1) is 13.5. The number of aromatic nitrogens is 3. The SMILES string of the molecule is CNC(Cc1ncnn1C)c1ccc(Br)c(Cl)c1. The van der Waals surface area contributed by atoms with Crippen LogP contribution in [0.3, 0.4) is 0 Å². The molecule has 0 aliphatic rings. The summed E-state index contributed by atoms with van der Waals surface area (Å²) < 4.78 is 2.69. The molecule has 0 aliphatic heterocycles. The van der Waals surface area contributed by atoms with Gasteiger partial charge in [-0.2, -0.15) is 5.10 Å². The van der Waals surface area contributed by atoms with Crippen LogP contribution in [0.5, 0.6) is 0 Å². The highest BCUT2D eigenvalue weighted by Gasteiger charge is 2.14. The van der Waals surface area contributed by atoms with Gasteiger partial charge in [-0.3, -0.25) is 4.68 Å². The van der Waals surface area contributed by atoms with E-state index in [0.29, 0.717) is 5.02 Å². The molecule has 1 N–H and O–H groups in total. The highest BCUT2D eigenvalue weighted by Crippen LogP contribution is 2.27. The normalized spacial score (nSPS) is 12.7. The maximum absolute atomic E-state index is 6.12. The molecule has 0 saturated carbocycles. The van der Waals surface area contributed by atoms with Crippen molar-refractivity contribution < 1.29 is 0 Å². The number of hydrogen-bond donors (Lipinski definition) is 1. The fraction of sp³-hybridized carbons (Fsp3) is 0.333. The lowest BCUT2D eigenvalue weighted by Gasteiger charge is -2.16. The van der Waals surface area contributed by atoms with Crippen molar-refractivity contribution in [3.63, 3.8) is 0 Å². The van der Waals surface area contributed by atoms with E-state index in [2.05, 4.69) is 31.3 Å². The van der Waals surface area contributed by atoms with E-state index in [1.54, 1.807) is 11.0 Å². The van der Waals surface area contributed by atoms with Gasteiger partial charge < -0.3 is 5.32 Å². The van der Waals surface area contributed by atoms with Crippen molar-refractivity contribution in [2.45, 2.75) is 12.5 Å². The lowest BCUT2D eigenvalue weighted by atomic mass is 10.0. The molecule has 0 spiro atoms. The first-order valence-electron chi connectivity index (χ1n) is 5.57. The summed E-state index contributed by atoms with van der Waals surface area (Å²) in [5.74, 6) is 0.938. The summed E-state index contributed by atoms with van der Waals surface area (Å²) in [6.45, 7) is 0. The number of likely N-dealkylation sites (N-methyl/N-ethyl adjacent to an activating group) is 1. The van der Waals surface area contributed by atoms with Gasteiger partial charge in [0.2, 0.25) is 0 Å². The van der Waals surface area contributed by atoms with Crippen molar-refractivity contribution in [2.75, 3.05) is 7.05 Å². The Labute approximate surface area is 119 Å². The van der Waals surface area contributed by atoms with Gasteiger partial charge in [0.05, 0.1) is 5.02 Å². The fourth-order valence-electron chi connectivity index (χ4n) is 1.80. The van der Waals surface area contributed by atoms with Crippen molar-refractivity contribution in [1.29, 1.82) is 0 Å². The molecule has 4 nitrogen and oxygen atoms in total. The fourth-order valence-corrected chi connectivity index (χ4v) is 2.24.